The Morgan fingerprint density at radius 2 is 1.80 bits per heavy atom. The van der Waals surface area contributed by atoms with E-state index >= 15 is 0 Å². The van der Waals surface area contributed by atoms with Crippen LogP contribution in [-0.2, 0) is 6.42 Å². The third-order valence-electron chi connectivity index (χ3n) is 2.27. The number of nitrogens with zero attached hydrogens (tertiary/aromatic N) is 1. The van der Waals surface area contributed by atoms with Crippen LogP contribution in [0, 0.1) is 5.92 Å². The molecule has 1 aromatic carbocycles. The van der Waals surface area contributed by atoms with Crippen LogP contribution in [0.15, 0.2) is 36.4 Å². The Balaban J connectivity index is 0.00000112. The summed E-state index contributed by atoms with van der Waals surface area (Å²) in [5.41, 5.74) is 2.30. The highest BCUT2D eigenvalue weighted by molar-refractivity contribution is 5.85. The van der Waals surface area contributed by atoms with Crippen LogP contribution in [0.1, 0.15) is 19.5 Å². The molecule has 0 bridgehead atoms. The van der Waals surface area contributed by atoms with Gasteiger partial charge in [-0.1, -0.05) is 38.1 Å². The van der Waals surface area contributed by atoms with Crippen molar-refractivity contribution >= 4 is 23.3 Å². The number of fused-ring (bicyclic) bond motifs is 1. The second kappa shape index (κ2) is 5.13. The molecule has 2 rings (SSSR count). The highest BCUT2D eigenvalue weighted by atomic mass is 35.5. The molecule has 2 heteroatoms. The lowest BCUT2D eigenvalue weighted by Gasteiger charge is -2.04. The fourth-order valence-corrected chi connectivity index (χ4v) is 1.64. The smallest absolute Gasteiger partial charge is 0.0705 e. The van der Waals surface area contributed by atoms with Crippen LogP contribution in [0.3, 0.4) is 0 Å². The lowest BCUT2D eigenvalue weighted by Crippen LogP contribution is -1.96. The summed E-state index contributed by atoms with van der Waals surface area (Å²) in [5, 5.41) is 1.22. The molecule has 80 valence electrons. The first kappa shape index (κ1) is 12.0. The summed E-state index contributed by atoms with van der Waals surface area (Å²) >= 11 is 0. The van der Waals surface area contributed by atoms with Crippen LogP contribution in [0.5, 0.6) is 0 Å². The number of pyridine rings is 1. The molecule has 1 nitrogen and oxygen atoms in total. The molecule has 0 atom stereocenters. The maximum atomic E-state index is 4.62. The van der Waals surface area contributed by atoms with Gasteiger partial charge in [-0.05, 0) is 24.5 Å². The molecular formula is C13H16ClN. The largest absolute Gasteiger partial charge is 0.253 e. The molecule has 0 spiro atoms. The average molecular weight is 222 g/mol. The first-order valence-corrected chi connectivity index (χ1v) is 5.10. The van der Waals surface area contributed by atoms with Gasteiger partial charge in [0.25, 0.3) is 0 Å². The summed E-state index contributed by atoms with van der Waals surface area (Å²) in [4.78, 5) is 4.62. The second-order valence-electron chi connectivity index (χ2n) is 4.09. The van der Waals surface area contributed by atoms with Gasteiger partial charge in [-0.2, -0.15) is 0 Å². The van der Waals surface area contributed by atoms with Crippen LogP contribution >= 0.6 is 12.4 Å². The first-order valence-electron chi connectivity index (χ1n) is 5.10. The van der Waals surface area contributed by atoms with Gasteiger partial charge in [-0.15, -0.1) is 12.4 Å². The van der Waals surface area contributed by atoms with Crippen molar-refractivity contribution in [1.82, 2.24) is 4.98 Å². The molecule has 0 aliphatic rings. The molecule has 0 unspecified atom stereocenters. The zero-order valence-corrected chi connectivity index (χ0v) is 9.92. The van der Waals surface area contributed by atoms with Crippen molar-refractivity contribution in [1.29, 1.82) is 0 Å². The van der Waals surface area contributed by atoms with Crippen molar-refractivity contribution in [2.75, 3.05) is 0 Å². The van der Waals surface area contributed by atoms with E-state index in [0.717, 1.165) is 11.9 Å². The maximum Gasteiger partial charge on any atom is 0.0705 e. The standard InChI is InChI=1S/C13H15N.ClH/c1-10(2)9-12-8-7-11-5-3-4-6-13(11)14-12;/h3-8,10H,9H2,1-2H3;1H. The van der Waals surface area contributed by atoms with Crippen LogP contribution in [0.2, 0.25) is 0 Å². The SMILES string of the molecule is CC(C)Cc1ccc2ccccc2n1.Cl. The van der Waals surface area contributed by atoms with E-state index in [-0.39, 0.29) is 12.4 Å². The molecule has 2 aromatic rings. The van der Waals surface area contributed by atoms with E-state index in [1.54, 1.807) is 0 Å². The highest BCUT2D eigenvalue weighted by Crippen LogP contribution is 2.13. The first-order chi connectivity index (χ1) is 6.75. The summed E-state index contributed by atoms with van der Waals surface area (Å²) in [6, 6.07) is 12.5. The van der Waals surface area contributed by atoms with Crippen LogP contribution < -0.4 is 0 Å². The van der Waals surface area contributed by atoms with Crippen molar-refractivity contribution in [3.8, 4) is 0 Å². The number of halogens is 1. The van der Waals surface area contributed by atoms with Gasteiger partial charge in [0.2, 0.25) is 0 Å². The summed E-state index contributed by atoms with van der Waals surface area (Å²) in [6.45, 7) is 4.44. The van der Waals surface area contributed by atoms with E-state index in [0.29, 0.717) is 5.92 Å². The van der Waals surface area contributed by atoms with Gasteiger partial charge in [-0.3, -0.25) is 4.98 Å². The lowest BCUT2D eigenvalue weighted by molar-refractivity contribution is 0.637. The normalized spacial score (nSPS) is 10.3. The predicted molar refractivity (Wildman–Crippen MR) is 67.5 cm³/mol. The number of benzene rings is 1. The molecule has 0 radical (unpaired) electrons. The molecule has 0 aliphatic carbocycles. The Morgan fingerprint density at radius 3 is 2.53 bits per heavy atom. The van der Waals surface area contributed by atoms with Gasteiger partial charge in [0.05, 0.1) is 5.52 Å². The van der Waals surface area contributed by atoms with Gasteiger partial charge in [0.1, 0.15) is 0 Å². The molecule has 0 N–H and O–H groups in total. The minimum absolute atomic E-state index is 0. The molecule has 0 saturated heterocycles. The zero-order chi connectivity index (χ0) is 9.97. The molecule has 15 heavy (non-hydrogen) atoms. The minimum atomic E-state index is 0. The Labute approximate surface area is 96.9 Å². The molecule has 0 amide bonds. The Hall–Kier alpha value is -1.08. The maximum absolute atomic E-state index is 4.62. The molecule has 0 saturated carbocycles. The lowest BCUT2D eigenvalue weighted by atomic mass is 10.1. The Morgan fingerprint density at radius 1 is 1.07 bits per heavy atom. The number of hydrogen-bond donors (Lipinski definition) is 0. The van der Waals surface area contributed by atoms with Crippen molar-refractivity contribution in [3.63, 3.8) is 0 Å². The second-order valence-corrected chi connectivity index (χ2v) is 4.09. The van der Waals surface area contributed by atoms with Crippen molar-refractivity contribution in [2.45, 2.75) is 20.3 Å². The van der Waals surface area contributed by atoms with Crippen LogP contribution in [0.25, 0.3) is 10.9 Å². The van der Waals surface area contributed by atoms with Crippen LogP contribution in [-0.4, -0.2) is 4.98 Å². The van der Waals surface area contributed by atoms with Gasteiger partial charge in [0.15, 0.2) is 0 Å². The number of para-hydroxylation sites is 1. The third kappa shape index (κ3) is 2.93. The van der Waals surface area contributed by atoms with Crippen molar-refractivity contribution in [2.24, 2.45) is 5.92 Å². The highest BCUT2D eigenvalue weighted by Gasteiger charge is 2.00. The Kier molecular flexibility index (Phi) is 4.10. The van der Waals surface area contributed by atoms with Gasteiger partial charge in [0, 0.05) is 11.1 Å². The van der Waals surface area contributed by atoms with Crippen LogP contribution in [0.4, 0.5) is 0 Å². The van der Waals surface area contributed by atoms with E-state index in [2.05, 4.69) is 43.1 Å². The van der Waals surface area contributed by atoms with E-state index in [9.17, 15) is 0 Å². The molecule has 1 heterocycles. The van der Waals surface area contributed by atoms with Crippen molar-refractivity contribution < 1.29 is 0 Å². The quantitative estimate of drug-likeness (QED) is 0.751. The van der Waals surface area contributed by atoms with E-state index < -0.39 is 0 Å². The van der Waals surface area contributed by atoms with Gasteiger partial charge in [-0.25, -0.2) is 0 Å². The number of hydrogen-bond acceptors (Lipinski definition) is 1. The minimum Gasteiger partial charge on any atom is -0.253 e. The third-order valence-corrected chi connectivity index (χ3v) is 2.27. The van der Waals surface area contributed by atoms with E-state index in [1.165, 1.54) is 11.1 Å². The van der Waals surface area contributed by atoms with Gasteiger partial charge < -0.3 is 0 Å². The fraction of sp³-hybridized carbons (Fsp3) is 0.308. The monoisotopic (exact) mass is 221 g/mol. The molecule has 0 fully saturated rings. The van der Waals surface area contributed by atoms with Gasteiger partial charge >= 0.3 is 0 Å². The molecular weight excluding hydrogens is 206 g/mol. The average Bonchev–Trinajstić information content (AvgIpc) is 2.17. The summed E-state index contributed by atoms with van der Waals surface area (Å²) in [5.74, 6) is 0.670. The summed E-state index contributed by atoms with van der Waals surface area (Å²) < 4.78 is 0. The van der Waals surface area contributed by atoms with E-state index in [1.807, 2.05) is 12.1 Å². The Bertz CT molecular complexity index is 437. The fourth-order valence-electron chi connectivity index (χ4n) is 1.64. The summed E-state index contributed by atoms with van der Waals surface area (Å²) in [6.07, 6.45) is 1.06. The topological polar surface area (TPSA) is 12.9 Å². The molecule has 1 aromatic heterocycles. The van der Waals surface area contributed by atoms with E-state index in [4.69, 9.17) is 0 Å². The molecule has 0 aliphatic heterocycles. The number of rotatable bonds is 2. The van der Waals surface area contributed by atoms with Crippen molar-refractivity contribution in [3.05, 3.63) is 42.1 Å². The predicted octanol–water partition coefficient (Wildman–Crippen LogP) is 3.86. The number of aromatic nitrogens is 1. The summed E-state index contributed by atoms with van der Waals surface area (Å²) in [7, 11) is 0. The zero-order valence-electron chi connectivity index (χ0n) is 9.10.